The third kappa shape index (κ3) is 6.50. The number of hydrogen-bond acceptors (Lipinski definition) is 6. The van der Waals surface area contributed by atoms with Gasteiger partial charge >= 0.3 is 12.3 Å². The van der Waals surface area contributed by atoms with Crippen LogP contribution in [0.25, 0.3) is 5.69 Å². The second kappa shape index (κ2) is 10.3. The number of piperidine rings is 1. The number of hydrogen-bond donors (Lipinski definition) is 0. The number of nitrogens with zero attached hydrogens (tertiary/aromatic N) is 2. The average Bonchev–Trinajstić information content (AvgIpc) is 2.84. The Bertz CT molecular complexity index is 1430. The van der Waals surface area contributed by atoms with E-state index in [1.165, 1.54) is 46.0 Å². The number of carbonyl (C=O) groups is 1. The van der Waals surface area contributed by atoms with Gasteiger partial charge in [0.15, 0.2) is 9.84 Å². The van der Waals surface area contributed by atoms with Crippen molar-refractivity contribution in [2.45, 2.75) is 30.0 Å². The number of amides is 1. The molecule has 0 radical (unpaired) electrons. The second-order valence-corrected chi connectivity index (χ2v) is 10.5. The summed E-state index contributed by atoms with van der Waals surface area (Å²) in [6.45, 7) is 0.627. The van der Waals surface area contributed by atoms with Gasteiger partial charge in [-0.1, -0.05) is 0 Å². The van der Waals surface area contributed by atoms with Gasteiger partial charge in [-0.3, -0.25) is 9.36 Å². The zero-order chi connectivity index (χ0) is 26.8. The van der Waals surface area contributed by atoms with Crippen molar-refractivity contribution in [3.05, 3.63) is 82.8 Å². The molecule has 196 valence electrons. The van der Waals surface area contributed by atoms with Crippen LogP contribution in [0.1, 0.15) is 18.4 Å². The maximum atomic E-state index is 12.7. The normalized spacial score (nSPS) is 14.9. The van der Waals surface area contributed by atoms with Gasteiger partial charge in [0.25, 0.3) is 5.56 Å². The molecule has 1 amide bonds. The van der Waals surface area contributed by atoms with Crippen molar-refractivity contribution in [2.24, 2.45) is 0 Å². The molecule has 4 rings (SSSR count). The van der Waals surface area contributed by atoms with E-state index in [0.29, 0.717) is 37.4 Å². The van der Waals surface area contributed by atoms with Crippen molar-refractivity contribution in [3.8, 4) is 17.2 Å². The number of aromatic nitrogens is 1. The summed E-state index contributed by atoms with van der Waals surface area (Å²) in [5.41, 5.74) is -0.686. The monoisotopic (exact) mass is 536 g/mol. The first-order valence-electron chi connectivity index (χ1n) is 11.2. The first-order valence-corrected chi connectivity index (χ1v) is 13.1. The molecule has 0 spiro atoms. The van der Waals surface area contributed by atoms with Gasteiger partial charge in [-0.2, -0.15) is 13.2 Å². The van der Waals surface area contributed by atoms with Crippen molar-refractivity contribution < 1.29 is 35.9 Å². The molecule has 2 aromatic carbocycles. The summed E-state index contributed by atoms with van der Waals surface area (Å²) in [5.74, 6) is 0.377. The molecule has 12 heteroatoms. The van der Waals surface area contributed by atoms with Gasteiger partial charge in [-0.05, 0) is 54.6 Å². The van der Waals surface area contributed by atoms with Crippen LogP contribution in [0.3, 0.4) is 0 Å². The van der Waals surface area contributed by atoms with Crippen molar-refractivity contribution in [2.75, 3.05) is 19.3 Å². The molecule has 0 atom stereocenters. The van der Waals surface area contributed by atoms with E-state index < -0.39 is 27.7 Å². The summed E-state index contributed by atoms with van der Waals surface area (Å²) < 4.78 is 73.7. The van der Waals surface area contributed by atoms with Crippen molar-refractivity contribution >= 4 is 15.9 Å². The molecule has 0 bridgehead atoms. The zero-order valence-corrected chi connectivity index (χ0v) is 20.5. The van der Waals surface area contributed by atoms with E-state index in [1.54, 1.807) is 6.07 Å². The van der Waals surface area contributed by atoms with Crippen LogP contribution in [0.5, 0.6) is 11.5 Å². The number of alkyl halides is 3. The molecule has 0 unspecified atom stereocenters. The molecule has 1 aromatic heterocycles. The Morgan fingerprint density at radius 3 is 2.11 bits per heavy atom. The Hall–Kier alpha value is -3.80. The maximum absolute atomic E-state index is 12.7. The van der Waals surface area contributed by atoms with Gasteiger partial charge < -0.3 is 14.4 Å². The number of likely N-dealkylation sites (tertiary alicyclic amines) is 1. The van der Waals surface area contributed by atoms with Crippen LogP contribution in [0.15, 0.2) is 76.6 Å². The molecule has 1 fully saturated rings. The van der Waals surface area contributed by atoms with Gasteiger partial charge in [0, 0.05) is 50.1 Å². The Morgan fingerprint density at radius 2 is 1.57 bits per heavy atom. The fourth-order valence-electron chi connectivity index (χ4n) is 3.83. The highest BCUT2D eigenvalue weighted by Crippen LogP contribution is 2.30. The first-order chi connectivity index (χ1) is 17.4. The standard InChI is InChI=1S/C25H23F3N2O6S/c1-37(33,34)22-8-4-18(5-9-22)30-15-12-21(16-23(30)31)35-20-10-13-29(14-11-20)24(32)36-19-6-2-17(3-7-19)25(26,27)28/h2-9,12,15-16,20H,10-11,13-14H2,1H3. The van der Waals surface area contributed by atoms with Crippen molar-refractivity contribution in [1.29, 1.82) is 0 Å². The van der Waals surface area contributed by atoms with E-state index in [2.05, 4.69) is 0 Å². The van der Waals surface area contributed by atoms with Crippen LogP contribution < -0.4 is 15.0 Å². The van der Waals surface area contributed by atoms with Crippen LogP contribution in [0.4, 0.5) is 18.0 Å². The second-order valence-electron chi connectivity index (χ2n) is 8.53. The molecular formula is C25H23F3N2O6S. The summed E-state index contributed by atoms with van der Waals surface area (Å²) in [6.07, 6.45) is -1.81. The van der Waals surface area contributed by atoms with Gasteiger partial charge in [0.1, 0.15) is 17.6 Å². The number of carbonyl (C=O) groups excluding carboxylic acids is 1. The molecule has 1 saturated heterocycles. The molecule has 0 aliphatic carbocycles. The third-order valence-electron chi connectivity index (χ3n) is 5.82. The van der Waals surface area contributed by atoms with E-state index in [4.69, 9.17) is 9.47 Å². The topological polar surface area (TPSA) is 94.9 Å². The number of rotatable bonds is 5. The van der Waals surface area contributed by atoms with Gasteiger partial charge in [-0.25, -0.2) is 13.2 Å². The van der Waals surface area contributed by atoms with E-state index in [9.17, 15) is 31.2 Å². The number of benzene rings is 2. The smallest absolute Gasteiger partial charge is 0.416 e. The van der Waals surface area contributed by atoms with E-state index in [1.807, 2.05) is 0 Å². The largest absolute Gasteiger partial charge is 0.490 e. The molecule has 1 aliphatic rings. The van der Waals surface area contributed by atoms with Crippen LogP contribution in [0.2, 0.25) is 0 Å². The predicted octanol–water partition coefficient (Wildman–Crippen LogP) is 4.30. The van der Waals surface area contributed by atoms with Crippen molar-refractivity contribution in [1.82, 2.24) is 9.47 Å². The van der Waals surface area contributed by atoms with E-state index >= 15 is 0 Å². The highest BCUT2D eigenvalue weighted by molar-refractivity contribution is 7.90. The minimum Gasteiger partial charge on any atom is -0.490 e. The molecule has 37 heavy (non-hydrogen) atoms. The SMILES string of the molecule is CS(=O)(=O)c1ccc(-n2ccc(OC3CCN(C(=O)Oc4ccc(C(F)(F)F)cc4)CC3)cc2=O)cc1. The maximum Gasteiger partial charge on any atom is 0.416 e. The van der Waals surface area contributed by atoms with Crippen molar-refractivity contribution in [3.63, 3.8) is 0 Å². The summed E-state index contributed by atoms with van der Waals surface area (Å²) in [6, 6.07) is 12.8. The predicted molar refractivity (Wildman–Crippen MR) is 128 cm³/mol. The lowest BCUT2D eigenvalue weighted by molar-refractivity contribution is -0.137. The Balaban J connectivity index is 1.31. The van der Waals surface area contributed by atoms with Crippen LogP contribution in [0, 0.1) is 0 Å². The van der Waals surface area contributed by atoms with Crippen LogP contribution >= 0.6 is 0 Å². The number of sulfone groups is 1. The molecule has 8 nitrogen and oxygen atoms in total. The highest BCUT2D eigenvalue weighted by atomic mass is 32.2. The quantitative estimate of drug-likeness (QED) is 0.483. The van der Waals surface area contributed by atoms with Gasteiger partial charge in [0.05, 0.1) is 10.5 Å². The summed E-state index contributed by atoms with van der Waals surface area (Å²) in [7, 11) is -3.34. The van der Waals surface area contributed by atoms with Gasteiger partial charge in [0.2, 0.25) is 0 Å². The number of ether oxygens (including phenoxy) is 2. The molecule has 1 aliphatic heterocycles. The lowest BCUT2D eigenvalue weighted by Crippen LogP contribution is -2.43. The van der Waals surface area contributed by atoms with Gasteiger partial charge in [-0.15, -0.1) is 0 Å². The zero-order valence-electron chi connectivity index (χ0n) is 19.6. The highest BCUT2D eigenvalue weighted by Gasteiger charge is 2.30. The average molecular weight is 537 g/mol. The van der Waals surface area contributed by atoms with Crippen LogP contribution in [-0.4, -0.2) is 49.4 Å². The minimum absolute atomic E-state index is 0.0166. The number of halogens is 3. The van der Waals surface area contributed by atoms with Crippen LogP contribution in [-0.2, 0) is 16.0 Å². The van der Waals surface area contributed by atoms with E-state index in [-0.39, 0.29) is 22.3 Å². The minimum atomic E-state index is -4.47. The lowest BCUT2D eigenvalue weighted by atomic mass is 10.1. The third-order valence-corrected chi connectivity index (χ3v) is 6.95. The summed E-state index contributed by atoms with van der Waals surface area (Å²) in [5, 5.41) is 0. The molecule has 3 aromatic rings. The molecular weight excluding hydrogens is 513 g/mol. The number of pyridine rings is 1. The van der Waals surface area contributed by atoms with E-state index in [0.717, 1.165) is 30.5 Å². The Labute approximate surface area is 210 Å². The first kappa shape index (κ1) is 26.3. The lowest BCUT2D eigenvalue weighted by Gasteiger charge is -2.31. The molecule has 2 heterocycles. The summed E-state index contributed by atoms with van der Waals surface area (Å²) in [4.78, 5) is 26.5. The summed E-state index contributed by atoms with van der Waals surface area (Å²) >= 11 is 0. The Kier molecular flexibility index (Phi) is 7.30. The fraction of sp³-hybridized carbons (Fsp3) is 0.280. The fourth-order valence-corrected chi connectivity index (χ4v) is 4.46. The Morgan fingerprint density at radius 1 is 0.946 bits per heavy atom. The molecule has 0 N–H and O–H groups in total. The molecule has 0 saturated carbocycles.